The van der Waals surface area contributed by atoms with Crippen molar-refractivity contribution in [2.24, 2.45) is 0 Å². The second kappa shape index (κ2) is 16.5. The van der Waals surface area contributed by atoms with E-state index in [-0.39, 0.29) is 11.5 Å². The van der Waals surface area contributed by atoms with Crippen molar-refractivity contribution in [2.45, 2.75) is 51.5 Å². The number of hydrogen-bond acceptors (Lipinski definition) is 2. The maximum atomic E-state index is 2.56. The Morgan fingerprint density at radius 2 is 1.19 bits per heavy atom. The topological polar surface area (TPSA) is 11.4 Å². The minimum atomic E-state index is -0.117. The Labute approximate surface area is 394 Å². The van der Waals surface area contributed by atoms with E-state index in [4.69, 9.17) is 0 Å². The van der Waals surface area contributed by atoms with Crippen molar-refractivity contribution < 1.29 is 0 Å². The largest absolute Gasteiger partial charge is 0.334 e. The summed E-state index contributed by atoms with van der Waals surface area (Å²) in [4.78, 5) is 5.05. The molecule has 0 fully saturated rings. The van der Waals surface area contributed by atoms with E-state index in [0.717, 1.165) is 30.6 Å². The Balaban J connectivity index is 1.06. The lowest BCUT2D eigenvalue weighted by atomic mass is 9.82. The smallest absolute Gasteiger partial charge is 0.0560 e. The average Bonchev–Trinajstić information content (AvgIpc) is 3.83. The van der Waals surface area contributed by atoms with Crippen molar-refractivity contribution in [3.8, 4) is 39.1 Å². The minimum Gasteiger partial charge on any atom is -0.334 e. The van der Waals surface area contributed by atoms with Crippen molar-refractivity contribution in [1.82, 2.24) is 4.57 Å². The predicted octanol–water partition coefficient (Wildman–Crippen LogP) is 17.2. The van der Waals surface area contributed by atoms with Crippen LogP contribution in [0.1, 0.15) is 51.2 Å². The highest BCUT2D eigenvalue weighted by Crippen LogP contribution is 2.51. The maximum absolute atomic E-state index is 2.56. The highest BCUT2D eigenvalue weighted by atomic mass is 15.2. The highest BCUT2D eigenvalue weighted by molar-refractivity contribution is 6.11. The molecular formula is C64H53N3. The lowest BCUT2D eigenvalue weighted by Crippen LogP contribution is -2.30. The van der Waals surface area contributed by atoms with Gasteiger partial charge >= 0.3 is 0 Å². The van der Waals surface area contributed by atoms with E-state index < -0.39 is 0 Å². The van der Waals surface area contributed by atoms with Crippen LogP contribution in [-0.2, 0) is 5.41 Å². The van der Waals surface area contributed by atoms with E-state index in [1.165, 1.54) is 94.6 Å². The predicted molar refractivity (Wildman–Crippen MR) is 284 cm³/mol. The molecule has 0 radical (unpaired) electrons. The van der Waals surface area contributed by atoms with E-state index in [2.05, 4.69) is 260 Å². The number of fused-ring (bicyclic) bond motifs is 6. The summed E-state index contributed by atoms with van der Waals surface area (Å²) >= 11 is 0. The fourth-order valence-corrected chi connectivity index (χ4v) is 11.0. The van der Waals surface area contributed by atoms with Crippen LogP contribution < -0.4 is 9.80 Å². The summed E-state index contributed by atoms with van der Waals surface area (Å²) in [6, 6.07) is 70.0. The van der Waals surface area contributed by atoms with Crippen molar-refractivity contribution in [3.63, 3.8) is 0 Å². The van der Waals surface area contributed by atoms with Crippen LogP contribution in [0.3, 0.4) is 0 Å². The van der Waals surface area contributed by atoms with Gasteiger partial charge in [0.15, 0.2) is 0 Å². The summed E-state index contributed by atoms with van der Waals surface area (Å²) in [5.41, 5.74) is 20.8. The van der Waals surface area contributed by atoms with Crippen LogP contribution in [0.4, 0.5) is 22.7 Å². The van der Waals surface area contributed by atoms with Crippen LogP contribution in [0.15, 0.2) is 236 Å². The van der Waals surface area contributed by atoms with Gasteiger partial charge in [-0.15, -0.1) is 0 Å². The van der Waals surface area contributed by atoms with Gasteiger partial charge in [0.25, 0.3) is 0 Å². The SMILES string of the molecule is CC1=CCC(N(c2ccccc2)c2ccc(N(C3=CCCC=C3)c3ccc4c(c3)C(C)(C)c3ccccc3-4)cc2-c2ccc3c(c2)c2ccccc2n3-c2ccc(-c3ccccc3)cc2)C=C1. The van der Waals surface area contributed by atoms with E-state index in [0.29, 0.717) is 0 Å². The molecule has 0 saturated heterocycles. The fourth-order valence-electron chi connectivity index (χ4n) is 11.0. The van der Waals surface area contributed by atoms with Crippen LogP contribution >= 0.6 is 0 Å². The average molecular weight is 864 g/mol. The zero-order chi connectivity index (χ0) is 45.1. The number of rotatable bonds is 9. The number of nitrogens with zero attached hydrogens (tertiary/aromatic N) is 3. The van der Waals surface area contributed by atoms with E-state index in [9.17, 15) is 0 Å². The van der Waals surface area contributed by atoms with Gasteiger partial charge in [-0.25, -0.2) is 0 Å². The standard InChI is InChI=1S/C64H53N3/c1-44-27-32-50(33-28-44)66(49-21-11-6-12-22-49)62-40-37-52(65(48-19-9-5-10-20-48)53-36-38-55-54-23-13-15-25-59(54)64(2,3)60(55)43-53)42-57(62)47-31-39-63-58(41-47)56-24-14-16-26-61(56)67(63)51-34-29-46(30-35-51)45-17-7-4-8-18-45/h4,6-9,11-32,34-43,50H,5,10,33H2,1-3H3. The second-order valence-corrected chi connectivity index (χ2v) is 18.9. The molecule has 0 saturated carbocycles. The van der Waals surface area contributed by atoms with Gasteiger partial charge < -0.3 is 14.4 Å². The van der Waals surface area contributed by atoms with Gasteiger partial charge in [0.05, 0.1) is 17.1 Å². The normalized spacial score (nSPS) is 15.8. The zero-order valence-corrected chi connectivity index (χ0v) is 38.4. The number of hydrogen-bond donors (Lipinski definition) is 0. The molecule has 0 amide bonds. The maximum Gasteiger partial charge on any atom is 0.0560 e. The van der Waals surface area contributed by atoms with Crippen LogP contribution in [-0.4, -0.2) is 10.6 Å². The summed E-state index contributed by atoms with van der Waals surface area (Å²) in [5.74, 6) is 0. The molecule has 3 aliphatic rings. The van der Waals surface area contributed by atoms with Crippen LogP contribution in [0.2, 0.25) is 0 Å². The molecule has 1 aromatic heterocycles. The molecule has 3 aliphatic carbocycles. The molecule has 3 nitrogen and oxygen atoms in total. The summed E-state index contributed by atoms with van der Waals surface area (Å²) in [6.45, 7) is 6.95. The molecule has 0 bridgehead atoms. The first-order valence-electron chi connectivity index (χ1n) is 23.8. The van der Waals surface area contributed by atoms with Crippen molar-refractivity contribution >= 4 is 44.6 Å². The van der Waals surface area contributed by atoms with Crippen LogP contribution in [0.5, 0.6) is 0 Å². The molecular weight excluding hydrogens is 811 g/mol. The van der Waals surface area contributed by atoms with Crippen molar-refractivity contribution in [2.75, 3.05) is 9.80 Å². The molecule has 324 valence electrons. The third kappa shape index (κ3) is 7.05. The van der Waals surface area contributed by atoms with E-state index in [1.54, 1.807) is 0 Å². The molecule has 12 rings (SSSR count). The first-order valence-corrected chi connectivity index (χ1v) is 23.8. The summed E-state index contributed by atoms with van der Waals surface area (Å²) in [5, 5.41) is 2.47. The summed E-state index contributed by atoms with van der Waals surface area (Å²) < 4.78 is 2.43. The van der Waals surface area contributed by atoms with Gasteiger partial charge in [0, 0.05) is 55.9 Å². The number of anilines is 4. The zero-order valence-electron chi connectivity index (χ0n) is 38.4. The number of benzene rings is 8. The first-order chi connectivity index (χ1) is 32.9. The third-order valence-corrected chi connectivity index (χ3v) is 14.4. The van der Waals surface area contributed by atoms with Gasteiger partial charge in [-0.3, -0.25) is 0 Å². The monoisotopic (exact) mass is 863 g/mol. The lowest BCUT2D eigenvalue weighted by molar-refractivity contribution is 0.660. The van der Waals surface area contributed by atoms with Crippen LogP contribution in [0, 0.1) is 0 Å². The molecule has 8 aromatic carbocycles. The van der Waals surface area contributed by atoms with Gasteiger partial charge in [0.1, 0.15) is 0 Å². The van der Waals surface area contributed by atoms with Crippen LogP contribution in [0.25, 0.3) is 60.9 Å². The van der Waals surface area contributed by atoms with E-state index in [1.807, 2.05) is 0 Å². The molecule has 1 unspecified atom stereocenters. The Morgan fingerprint density at radius 3 is 1.99 bits per heavy atom. The minimum absolute atomic E-state index is 0.117. The van der Waals surface area contributed by atoms with Crippen molar-refractivity contribution in [1.29, 1.82) is 0 Å². The van der Waals surface area contributed by atoms with Gasteiger partial charge in [-0.05, 0) is 144 Å². The molecule has 9 aromatic rings. The Hall–Kier alpha value is -7.88. The second-order valence-electron chi connectivity index (χ2n) is 18.9. The fraction of sp³-hybridized carbons (Fsp3) is 0.125. The molecule has 1 atom stereocenters. The summed E-state index contributed by atoms with van der Waals surface area (Å²) in [6.07, 6.45) is 17.1. The number of aromatic nitrogens is 1. The summed E-state index contributed by atoms with van der Waals surface area (Å²) in [7, 11) is 0. The molecule has 0 N–H and O–H groups in total. The van der Waals surface area contributed by atoms with Gasteiger partial charge in [0.2, 0.25) is 0 Å². The quantitative estimate of drug-likeness (QED) is 0.143. The first kappa shape index (κ1) is 40.6. The molecule has 1 heterocycles. The lowest BCUT2D eigenvalue weighted by Gasteiger charge is -2.36. The Kier molecular flexibility index (Phi) is 10.0. The third-order valence-electron chi connectivity index (χ3n) is 14.4. The van der Waals surface area contributed by atoms with E-state index >= 15 is 0 Å². The van der Waals surface area contributed by atoms with Gasteiger partial charge in [-0.1, -0.05) is 165 Å². The molecule has 0 spiro atoms. The van der Waals surface area contributed by atoms with Gasteiger partial charge in [-0.2, -0.15) is 0 Å². The molecule has 3 heteroatoms. The highest BCUT2D eigenvalue weighted by Gasteiger charge is 2.36. The van der Waals surface area contributed by atoms with Crippen molar-refractivity contribution in [3.05, 3.63) is 247 Å². The number of allylic oxidation sites excluding steroid dienone is 5. The molecule has 67 heavy (non-hydrogen) atoms. The molecule has 0 aliphatic heterocycles. The Bertz CT molecular complexity index is 3470. The number of para-hydroxylation sites is 2. The Morgan fingerprint density at radius 1 is 0.507 bits per heavy atom.